The van der Waals surface area contributed by atoms with Crippen LogP contribution in [0.4, 0.5) is 0 Å². The van der Waals surface area contributed by atoms with E-state index in [4.69, 9.17) is 0 Å². The van der Waals surface area contributed by atoms with Crippen molar-refractivity contribution in [1.82, 2.24) is 24.6 Å². The molecule has 1 N–H and O–H groups in total. The lowest BCUT2D eigenvalue weighted by atomic mass is 10.3. The highest BCUT2D eigenvalue weighted by atomic mass is 32.1. The van der Waals surface area contributed by atoms with Crippen LogP contribution in [-0.2, 0) is 6.54 Å². The van der Waals surface area contributed by atoms with Gasteiger partial charge in [-0.2, -0.15) is 0 Å². The molecule has 7 nitrogen and oxygen atoms in total. The van der Waals surface area contributed by atoms with Gasteiger partial charge in [-0.15, -0.1) is 16.4 Å². The van der Waals surface area contributed by atoms with Gasteiger partial charge in [-0.25, -0.2) is 9.48 Å². The maximum Gasteiger partial charge on any atom is 0.346 e. The van der Waals surface area contributed by atoms with Crippen LogP contribution in [0.2, 0.25) is 0 Å². The molecule has 25 heavy (non-hydrogen) atoms. The normalized spacial score (nSPS) is 13.8. The lowest BCUT2D eigenvalue weighted by Gasteiger charge is -2.03. The molecule has 0 bridgehead atoms. The monoisotopic (exact) mass is 355 g/mol. The van der Waals surface area contributed by atoms with Gasteiger partial charge in [0.1, 0.15) is 5.69 Å². The minimum Gasteiger partial charge on any atom is -0.349 e. The number of amides is 1. The van der Waals surface area contributed by atoms with Crippen molar-refractivity contribution in [3.05, 3.63) is 58.1 Å². The largest absolute Gasteiger partial charge is 0.349 e. The SMILES string of the molecule is O=C(NCCn1nc(-c2cccs2)n(C2CC2)c1=O)c1ccccn1. The van der Waals surface area contributed by atoms with Crippen molar-refractivity contribution in [2.45, 2.75) is 25.4 Å². The first-order valence-corrected chi connectivity index (χ1v) is 9.04. The molecule has 3 heterocycles. The van der Waals surface area contributed by atoms with Crippen molar-refractivity contribution in [2.75, 3.05) is 6.54 Å². The number of carbonyl (C=O) groups excluding carboxylic acids is 1. The molecule has 1 saturated carbocycles. The second-order valence-electron chi connectivity index (χ2n) is 5.88. The van der Waals surface area contributed by atoms with Gasteiger partial charge in [0.05, 0.1) is 11.4 Å². The van der Waals surface area contributed by atoms with Gasteiger partial charge in [-0.3, -0.25) is 14.3 Å². The molecule has 0 aromatic carbocycles. The van der Waals surface area contributed by atoms with E-state index in [-0.39, 0.29) is 17.6 Å². The standard InChI is InChI=1S/C17H17N5O2S/c23-16(13-4-1-2-8-18-13)19-9-10-21-17(24)22(12-6-7-12)15(20-21)14-5-3-11-25-14/h1-5,8,11-12H,6-7,9-10H2,(H,19,23). The number of nitrogens with zero attached hydrogens (tertiary/aromatic N) is 4. The van der Waals surface area contributed by atoms with Gasteiger partial charge in [-0.1, -0.05) is 12.1 Å². The number of hydrogen-bond donors (Lipinski definition) is 1. The Balaban J connectivity index is 1.49. The van der Waals surface area contributed by atoms with Gasteiger partial charge in [0.25, 0.3) is 5.91 Å². The highest BCUT2D eigenvalue weighted by Gasteiger charge is 2.30. The van der Waals surface area contributed by atoms with Crippen molar-refractivity contribution in [3.63, 3.8) is 0 Å². The predicted octanol–water partition coefficient (Wildman–Crippen LogP) is 1.93. The summed E-state index contributed by atoms with van der Waals surface area (Å²) in [5.41, 5.74) is 0.246. The van der Waals surface area contributed by atoms with Crippen molar-refractivity contribution < 1.29 is 4.79 Å². The molecule has 0 saturated heterocycles. The molecule has 3 aromatic rings. The number of pyridine rings is 1. The van der Waals surface area contributed by atoms with Gasteiger partial charge in [0.15, 0.2) is 5.82 Å². The molecule has 1 aliphatic rings. The zero-order chi connectivity index (χ0) is 17.2. The molecule has 128 valence electrons. The summed E-state index contributed by atoms with van der Waals surface area (Å²) in [5, 5.41) is 9.24. The quantitative estimate of drug-likeness (QED) is 0.732. The van der Waals surface area contributed by atoms with E-state index in [1.54, 1.807) is 40.3 Å². The first kappa shape index (κ1) is 15.8. The number of carbonyl (C=O) groups is 1. The zero-order valence-electron chi connectivity index (χ0n) is 13.5. The minimum absolute atomic E-state index is 0.113. The summed E-state index contributed by atoms with van der Waals surface area (Å²) in [5.74, 6) is 0.465. The Morgan fingerprint density at radius 2 is 2.16 bits per heavy atom. The molecule has 0 spiro atoms. The Hall–Kier alpha value is -2.74. The minimum atomic E-state index is -0.256. The maximum absolute atomic E-state index is 12.7. The lowest BCUT2D eigenvalue weighted by Crippen LogP contribution is -2.32. The first-order valence-electron chi connectivity index (χ1n) is 8.16. The van der Waals surface area contributed by atoms with E-state index in [1.807, 2.05) is 17.5 Å². The zero-order valence-corrected chi connectivity index (χ0v) is 14.3. The number of rotatable bonds is 6. The molecule has 3 aromatic heterocycles. The van der Waals surface area contributed by atoms with Crippen molar-refractivity contribution >= 4 is 17.2 Å². The van der Waals surface area contributed by atoms with Crippen LogP contribution in [-0.4, -0.2) is 31.8 Å². The fraction of sp³-hybridized carbons (Fsp3) is 0.294. The van der Waals surface area contributed by atoms with Crippen LogP contribution < -0.4 is 11.0 Å². The van der Waals surface area contributed by atoms with Crippen LogP contribution in [0, 0.1) is 0 Å². The van der Waals surface area contributed by atoms with Crippen molar-refractivity contribution in [3.8, 4) is 10.7 Å². The van der Waals surface area contributed by atoms with Crippen LogP contribution in [0.5, 0.6) is 0 Å². The molecular formula is C17H17N5O2S. The van der Waals surface area contributed by atoms with Crippen LogP contribution in [0.15, 0.2) is 46.7 Å². The summed E-state index contributed by atoms with van der Waals surface area (Å²) in [4.78, 5) is 29.7. The molecule has 1 amide bonds. The summed E-state index contributed by atoms with van der Waals surface area (Å²) in [7, 11) is 0. The summed E-state index contributed by atoms with van der Waals surface area (Å²) in [6, 6.07) is 9.34. The number of hydrogen-bond acceptors (Lipinski definition) is 5. The van der Waals surface area contributed by atoms with Gasteiger partial charge in [0.2, 0.25) is 0 Å². The molecule has 0 aliphatic heterocycles. The van der Waals surface area contributed by atoms with E-state index in [1.165, 1.54) is 4.68 Å². The van der Waals surface area contributed by atoms with E-state index in [2.05, 4.69) is 15.4 Å². The van der Waals surface area contributed by atoms with Gasteiger partial charge >= 0.3 is 5.69 Å². The molecule has 0 atom stereocenters. The Bertz CT molecular complexity index is 926. The molecule has 0 unspecified atom stereocenters. The fourth-order valence-electron chi connectivity index (χ4n) is 2.66. The highest BCUT2D eigenvalue weighted by Crippen LogP contribution is 2.37. The number of thiophene rings is 1. The topological polar surface area (TPSA) is 81.8 Å². The third-order valence-electron chi connectivity index (χ3n) is 4.03. The Morgan fingerprint density at radius 1 is 1.28 bits per heavy atom. The van der Waals surface area contributed by atoms with E-state index >= 15 is 0 Å². The second-order valence-corrected chi connectivity index (χ2v) is 6.83. The van der Waals surface area contributed by atoms with E-state index in [0.717, 1.165) is 23.5 Å². The van der Waals surface area contributed by atoms with E-state index in [9.17, 15) is 9.59 Å². The molecule has 8 heteroatoms. The summed E-state index contributed by atoms with van der Waals surface area (Å²) in [6.07, 6.45) is 3.60. The molecule has 1 aliphatic carbocycles. The molecule has 4 rings (SSSR count). The lowest BCUT2D eigenvalue weighted by molar-refractivity contribution is 0.0947. The first-order chi connectivity index (χ1) is 12.2. The molecule has 1 fully saturated rings. The van der Waals surface area contributed by atoms with Crippen molar-refractivity contribution in [2.24, 2.45) is 0 Å². The predicted molar refractivity (Wildman–Crippen MR) is 94.6 cm³/mol. The number of aromatic nitrogens is 4. The van der Waals surface area contributed by atoms with Gasteiger partial charge < -0.3 is 5.32 Å². The number of nitrogens with one attached hydrogen (secondary N) is 1. The van der Waals surface area contributed by atoms with Crippen molar-refractivity contribution in [1.29, 1.82) is 0 Å². The summed E-state index contributed by atoms with van der Waals surface area (Å²) >= 11 is 1.57. The average Bonchev–Trinajstić information content (AvgIpc) is 3.21. The van der Waals surface area contributed by atoms with Crippen LogP contribution in [0.3, 0.4) is 0 Å². The van der Waals surface area contributed by atoms with Gasteiger partial charge in [-0.05, 0) is 36.4 Å². The van der Waals surface area contributed by atoms with Crippen LogP contribution in [0.25, 0.3) is 10.7 Å². The van der Waals surface area contributed by atoms with Gasteiger partial charge in [0, 0.05) is 18.8 Å². The second kappa shape index (κ2) is 6.64. The summed E-state index contributed by atoms with van der Waals surface area (Å²) < 4.78 is 3.22. The Morgan fingerprint density at radius 3 is 2.84 bits per heavy atom. The van der Waals surface area contributed by atoms with Crippen LogP contribution >= 0.6 is 11.3 Å². The van der Waals surface area contributed by atoms with E-state index in [0.29, 0.717) is 18.8 Å². The van der Waals surface area contributed by atoms with E-state index < -0.39 is 0 Å². The maximum atomic E-state index is 12.7. The Kier molecular flexibility index (Phi) is 4.19. The van der Waals surface area contributed by atoms with Crippen LogP contribution in [0.1, 0.15) is 29.4 Å². The fourth-order valence-corrected chi connectivity index (χ4v) is 3.37. The third-order valence-corrected chi connectivity index (χ3v) is 4.90. The average molecular weight is 355 g/mol. The molecule has 0 radical (unpaired) electrons. The Labute approximate surface area is 147 Å². The smallest absolute Gasteiger partial charge is 0.346 e. The highest BCUT2D eigenvalue weighted by molar-refractivity contribution is 7.13. The molecular weight excluding hydrogens is 338 g/mol. The summed E-state index contributed by atoms with van der Waals surface area (Å²) in [6.45, 7) is 0.649. The third kappa shape index (κ3) is 3.25.